The minimum atomic E-state index is 0.655. The highest BCUT2D eigenvalue weighted by Crippen LogP contribution is 2.33. The lowest BCUT2D eigenvalue weighted by Gasteiger charge is -2.05. The summed E-state index contributed by atoms with van der Waals surface area (Å²) in [7, 11) is 0. The topological polar surface area (TPSA) is 37.8 Å². The molecule has 0 radical (unpaired) electrons. The van der Waals surface area contributed by atoms with Gasteiger partial charge in [-0.25, -0.2) is 9.97 Å². The van der Waals surface area contributed by atoms with E-state index < -0.39 is 0 Å². The highest BCUT2D eigenvalue weighted by Gasteiger charge is 2.19. The summed E-state index contributed by atoms with van der Waals surface area (Å²) in [5, 5.41) is 5.41. The van der Waals surface area contributed by atoms with Crippen molar-refractivity contribution in [2.45, 2.75) is 35.5 Å². The summed E-state index contributed by atoms with van der Waals surface area (Å²) < 4.78 is 0. The Morgan fingerprint density at radius 1 is 1.20 bits per heavy atom. The second-order valence-electron chi connectivity index (χ2n) is 4.71. The van der Waals surface area contributed by atoms with Crippen LogP contribution in [0.3, 0.4) is 0 Å². The minimum Gasteiger partial charge on any atom is -0.310 e. The van der Waals surface area contributed by atoms with E-state index in [0.717, 1.165) is 17.0 Å². The number of halogens is 2. The highest BCUT2D eigenvalue weighted by atomic mass is 35.5. The minimum absolute atomic E-state index is 0.655. The number of nitrogens with one attached hydrogen (secondary N) is 1. The summed E-state index contributed by atoms with van der Waals surface area (Å²) in [6.45, 7) is 0.827. The van der Waals surface area contributed by atoms with E-state index in [-0.39, 0.29) is 0 Å². The molecule has 2 aromatic rings. The molecular weight excluding hydrogens is 313 g/mol. The predicted molar refractivity (Wildman–Crippen MR) is 82.5 cm³/mol. The fraction of sp³-hybridized carbons (Fsp3) is 0.286. The first-order valence-electron chi connectivity index (χ1n) is 6.38. The molecule has 0 aliphatic heterocycles. The van der Waals surface area contributed by atoms with Crippen LogP contribution in [0.25, 0.3) is 0 Å². The van der Waals surface area contributed by atoms with Crippen LogP contribution in [0.4, 0.5) is 0 Å². The molecule has 1 fully saturated rings. The van der Waals surface area contributed by atoms with Crippen molar-refractivity contribution in [3.05, 3.63) is 46.2 Å². The number of hydrogen-bond acceptors (Lipinski definition) is 4. The van der Waals surface area contributed by atoms with Gasteiger partial charge in [-0.1, -0.05) is 23.2 Å². The van der Waals surface area contributed by atoms with E-state index in [1.807, 2.05) is 18.5 Å². The summed E-state index contributed by atoms with van der Waals surface area (Å²) in [6, 6.07) is 6.05. The summed E-state index contributed by atoms with van der Waals surface area (Å²) >= 11 is 13.5. The highest BCUT2D eigenvalue weighted by molar-refractivity contribution is 7.99. The molecule has 0 amide bonds. The largest absolute Gasteiger partial charge is 0.310 e. The van der Waals surface area contributed by atoms with Crippen LogP contribution >= 0.6 is 35.0 Å². The Morgan fingerprint density at radius 3 is 2.65 bits per heavy atom. The number of aromatic nitrogens is 2. The number of nitrogens with zero attached hydrogens (tertiary/aromatic N) is 2. The van der Waals surface area contributed by atoms with Crippen molar-refractivity contribution in [3.63, 3.8) is 0 Å². The molecule has 0 atom stereocenters. The van der Waals surface area contributed by atoms with Gasteiger partial charge in [-0.2, -0.15) is 0 Å². The van der Waals surface area contributed by atoms with Gasteiger partial charge in [-0.3, -0.25) is 0 Å². The standard InChI is InChI=1S/C14H13Cl2N3S/c15-10-1-4-12(16)13(5-10)20-14-18-7-9(8-19-14)6-17-11-2-3-11/h1,4-5,7-8,11,17H,2-3,6H2. The van der Waals surface area contributed by atoms with Crippen molar-refractivity contribution >= 4 is 35.0 Å². The average Bonchev–Trinajstić information content (AvgIpc) is 3.26. The van der Waals surface area contributed by atoms with E-state index in [1.54, 1.807) is 12.1 Å². The second kappa shape index (κ2) is 6.31. The zero-order valence-corrected chi connectivity index (χ0v) is 13.0. The Labute approximate surface area is 132 Å². The van der Waals surface area contributed by atoms with Crippen molar-refractivity contribution in [1.82, 2.24) is 15.3 Å². The molecule has 1 aliphatic carbocycles. The maximum Gasteiger partial charge on any atom is 0.192 e. The van der Waals surface area contributed by atoms with Crippen LogP contribution in [0.2, 0.25) is 10.0 Å². The van der Waals surface area contributed by atoms with Crippen LogP contribution < -0.4 is 5.32 Å². The Balaban J connectivity index is 1.66. The SMILES string of the molecule is Clc1ccc(Cl)c(Sc2ncc(CNC3CC3)cn2)c1. The Hall–Kier alpha value is -0.810. The predicted octanol–water partition coefficient (Wildman–Crippen LogP) is 4.19. The third-order valence-electron chi connectivity index (χ3n) is 2.95. The molecule has 0 bridgehead atoms. The fourth-order valence-electron chi connectivity index (χ4n) is 1.69. The van der Waals surface area contributed by atoms with Crippen LogP contribution in [-0.2, 0) is 6.54 Å². The van der Waals surface area contributed by atoms with Gasteiger partial charge in [0.25, 0.3) is 0 Å². The molecule has 1 N–H and O–H groups in total. The Kier molecular flexibility index (Phi) is 4.46. The van der Waals surface area contributed by atoms with Gasteiger partial charge in [-0.15, -0.1) is 0 Å². The van der Waals surface area contributed by atoms with Crippen molar-refractivity contribution in [1.29, 1.82) is 0 Å². The molecule has 3 rings (SSSR count). The van der Waals surface area contributed by atoms with Crippen LogP contribution in [0.5, 0.6) is 0 Å². The maximum absolute atomic E-state index is 6.12. The molecular formula is C14H13Cl2N3S. The van der Waals surface area contributed by atoms with Crippen molar-refractivity contribution in [2.75, 3.05) is 0 Å². The van der Waals surface area contributed by atoms with Crippen molar-refractivity contribution in [3.8, 4) is 0 Å². The van der Waals surface area contributed by atoms with E-state index in [0.29, 0.717) is 21.2 Å². The molecule has 1 aliphatic rings. The van der Waals surface area contributed by atoms with Crippen molar-refractivity contribution < 1.29 is 0 Å². The van der Waals surface area contributed by atoms with Crippen LogP contribution in [0.15, 0.2) is 40.6 Å². The van der Waals surface area contributed by atoms with Crippen LogP contribution in [-0.4, -0.2) is 16.0 Å². The average molecular weight is 326 g/mol. The Bertz CT molecular complexity index is 600. The molecule has 3 nitrogen and oxygen atoms in total. The first-order chi connectivity index (χ1) is 9.70. The normalized spacial score (nSPS) is 14.5. The van der Waals surface area contributed by atoms with Gasteiger partial charge in [0.2, 0.25) is 0 Å². The van der Waals surface area contributed by atoms with Gasteiger partial charge in [0, 0.05) is 40.5 Å². The van der Waals surface area contributed by atoms with E-state index in [1.165, 1.54) is 24.6 Å². The zero-order valence-electron chi connectivity index (χ0n) is 10.6. The molecule has 1 aromatic heterocycles. The van der Waals surface area contributed by atoms with E-state index >= 15 is 0 Å². The molecule has 1 saturated carbocycles. The molecule has 0 spiro atoms. The second-order valence-corrected chi connectivity index (χ2v) is 6.56. The number of rotatable bonds is 5. The lowest BCUT2D eigenvalue weighted by molar-refractivity contribution is 0.680. The first kappa shape index (κ1) is 14.1. The zero-order chi connectivity index (χ0) is 13.9. The van der Waals surface area contributed by atoms with Gasteiger partial charge < -0.3 is 5.32 Å². The smallest absolute Gasteiger partial charge is 0.192 e. The Morgan fingerprint density at radius 2 is 1.95 bits per heavy atom. The van der Waals surface area contributed by atoms with E-state index in [9.17, 15) is 0 Å². The molecule has 20 heavy (non-hydrogen) atoms. The lowest BCUT2D eigenvalue weighted by atomic mass is 10.3. The van der Waals surface area contributed by atoms with Crippen LogP contribution in [0, 0.1) is 0 Å². The number of benzene rings is 1. The van der Waals surface area contributed by atoms with Gasteiger partial charge >= 0.3 is 0 Å². The van der Waals surface area contributed by atoms with Crippen LogP contribution in [0.1, 0.15) is 18.4 Å². The monoisotopic (exact) mass is 325 g/mol. The molecule has 1 aromatic carbocycles. The molecule has 0 unspecified atom stereocenters. The quantitative estimate of drug-likeness (QED) is 0.836. The summed E-state index contributed by atoms with van der Waals surface area (Å²) in [5.41, 5.74) is 1.10. The van der Waals surface area contributed by atoms with E-state index in [2.05, 4.69) is 15.3 Å². The molecule has 0 saturated heterocycles. The maximum atomic E-state index is 6.12. The summed E-state index contributed by atoms with van der Waals surface area (Å²) in [6.07, 6.45) is 6.26. The van der Waals surface area contributed by atoms with Gasteiger partial charge in [0.05, 0.1) is 5.02 Å². The lowest BCUT2D eigenvalue weighted by Crippen LogP contribution is -2.15. The third kappa shape index (κ3) is 3.85. The van der Waals surface area contributed by atoms with Crippen molar-refractivity contribution in [2.24, 2.45) is 0 Å². The van der Waals surface area contributed by atoms with Gasteiger partial charge in [0.15, 0.2) is 5.16 Å². The molecule has 104 valence electrons. The molecule has 6 heteroatoms. The summed E-state index contributed by atoms with van der Waals surface area (Å²) in [4.78, 5) is 9.57. The number of hydrogen-bond donors (Lipinski definition) is 1. The first-order valence-corrected chi connectivity index (χ1v) is 7.95. The summed E-state index contributed by atoms with van der Waals surface area (Å²) in [5.74, 6) is 0. The molecule has 1 heterocycles. The van der Waals surface area contributed by atoms with E-state index in [4.69, 9.17) is 23.2 Å². The van der Waals surface area contributed by atoms with Gasteiger partial charge in [-0.05, 0) is 42.8 Å². The third-order valence-corrected chi connectivity index (χ3v) is 4.58. The fourth-order valence-corrected chi connectivity index (χ4v) is 2.92. The van der Waals surface area contributed by atoms with Gasteiger partial charge in [0.1, 0.15) is 0 Å².